The third kappa shape index (κ3) is 3.87. The van der Waals surface area contributed by atoms with Crippen LogP contribution in [-0.2, 0) is 9.84 Å². The standard InChI is InChI=1S/C10H13N3O3S/c1-7(12-13-10(11)14)8-3-5-9(6-4-8)17(2,15)16/h3-6H,1-2H3,(H3,11,13,14)/b12-7+. The van der Waals surface area contributed by atoms with Gasteiger partial charge in [0.05, 0.1) is 10.6 Å². The molecule has 0 aliphatic heterocycles. The molecule has 0 aromatic heterocycles. The van der Waals surface area contributed by atoms with E-state index >= 15 is 0 Å². The zero-order valence-corrected chi connectivity index (χ0v) is 10.3. The molecular formula is C10H13N3O3S. The number of rotatable bonds is 3. The fourth-order valence-electron chi connectivity index (χ4n) is 1.15. The number of hydrogen-bond acceptors (Lipinski definition) is 4. The number of sulfone groups is 1. The first-order valence-electron chi connectivity index (χ1n) is 4.71. The summed E-state index contributed by atoms with van der Waals surface area (Å²) >= 11 is 0. The van der Waals surface area contributed by atoms with Crippen LogP contribution in [0.25, 0.3) is 0 Å². The Morgan fingerprint density at radius 1 is 1.29 bits per heavy atom. The Bertz CT molecular complexity index is 547. The van der Waals surface area contributed by atoms with E-state index in [4.69, 9.17) is 5.73 Å². The van der Waals surface area contributed by atoms with E-state index in [0.29, 0.717) is 11.3 Å². The second kappa shape index (κ2) is 4.96. The monoisotopic (exact) mass is 255 g/mol. The summed E-state index contributed by atoms with van der Waals surface area (Å²) in [6, 6.07) is 5.43. The first-order valence-corrected chi connectivity index (χ1v) is 6.60. The van der Waals surface area contributed by atoms with Crippen LogP contribution in [0.4, 0.5) is 4.79 Å². The maximum atomic E-state index is 11.2. The molecule has 0 atom stereocenters. The molecule has 1 rings (SSSR count). The zero-order chi connectivity index (χ0) is 13.1. The van der Waals surface area contributed by atoms with Gasteiger partial charge >= 0.3 is 6.03 Å². The SMILES string of the molecule is C/C(=N\NC(N)=O)c1ccc(S(C)(=O)=O)cc1. The van der Waals surface area contributed by atoms with Crippen molar-refractivity contribution in [1.29, 1.82) is 0 Å². The summed E-state index contributed by atoms with van der Waals surface area (Å²) in [4.78, 5) is 10.7. The molecule has 0 aliphatic rings. The molecule has 0 unspecified atom stereocenters. The van der Waals surface area contributed by atoms with Crippen LogP contribution in [-0.4, -0.2) is 26.4 Å². The Morgan fingerprint density at radius 3 is 2.24 bits per heavy atom. The van der Waals surface area contributed by atoms with Gasteiger partial charge in [-0.3, -0.25) is 0 Å². The average molecular weight is 255 g/mol. The van der Waals surface area contributed by atoms with Gasteiger partial charge in [-0.1, -0.05) is 12.1 Å². The Kier molecular flexibility index (Phi) is 3.84. The van der Waals surface area contributed by atoms with Crippen molar-refractivity contribution in [3.8, 4) is 0 Å². The number of amides is 2. The van der Waals surface area contributed by atoms with E-state index in [2.05, 4.69) is 10.5 Å². The normalized spacial score (nSPS) is 12.2. The molecule has 0 saturated heterocycles. The van der Waals surface area contributed by atoms with Crippen molar-refractivity contribution in [3.63, 3.8) is 0 Å². The highest BCUT2D eigenvalue weighted by molar-refractivity contribution is 7.90. The molecule has 0 heterocycles. The molecule has 92 valence electrons. The molecule has 17 heavy (non-hydrogen) atoms. The molecule has 3 N–H and O–H groups in total. The van der Waals surface area contributed by atoms with Gasteiger partial charge in [-0.15, -0.1) is 0 Å². The summed E-state index contributed by atoms with van der Waals surface area (Å²) in [7, 11) is -3.20. The van der Waals surface area contributed by atoms with Crippen molar-refractivity contribution < 1.29 is 13.2 Å². The van der Waals surface area contributed by atoms with E-state index in [-0.39, 0.29) is 4.90 Å². The van der Waals surface area contributed by atoms with Gasteiger partial charge in [-0.2, -0.15) is 5.10 Å². The van der Waals surface area contributed by atoms with Crippen molar-refractivity contribution in [2.45, 2.75) is 11.8 Å². The Hall–Kier alpha value is -1.89. The van der Waals surface area contributed by atoms with Crippen molar-refractivity contribution in [2.75, 3.05) is 6.26 Å². The number of hydrogen-bond donors (Lipinski definition) is 2. The second-order valence-electron chi connectivity index (χ2n) is 3.47. The molecule has 0 bridgehead atoms. The summed E-state index contributed by atoms with van der Waals surface area (Å²) in [6.07, 6.45) is 1.14. The fourth-order valence-corrected chi connectivity index (χ4v) is 1.78. The second-order valence-corrected chi connectivity index (χ2v) is 5.49. The van der Waals surface area contributed by atoms with E-state index in [0.717, 1.165) is 6.26 Å². The number of urea groups is 1. The van der Waals surface area contributed by atoms with Gasteiger partial charge in [0.25, 0.3) is 0 Å². The summed E-state index contributed by atoms with van der Waals surface area (Å²) in [5.74, 6) is 0. The molecule has 6 nitrogen and oxygen atoms in total. The Balaban J connectivity index is 2.95. The van der Waals surface area contributed by atoms with Crippen LogP contribution in [0.15, 0.2) is 34.3 Å². The molecule has 1 aromatic rings. The van der Waals surface area contributed by atoms with Gasteiger partial charge < -0.3 is 5.73 Å². The number of nitrogens with zero attached hydrogens (tertiary/aromatic N) is 1. The largest absolute Gasteiger partial charge is 0.350 e. The van der Waals surface area contributed by atoms with Gasteiger partial charge in [0, 0.05) is 6.26 Å². The van der Waals surface area contributed by atoms with Gasteiger partial charge in [0.2, 0.25) is 0 Å². The molecule has 1 aromatic carbocycles. The highest BCUT2D eigenvalue weighted by Gasteiger charge is 2.06. The maximum Gasteiger partial charge on any atom is 0.332 e. The van der Waals surface area contributed by atoms with E-state index in [1.807, 2.05) is 0 Å². The minimum atomic E-state index is -3.20. The van der Waals surface area contributed by atoms with E-state index in [1.54, 1.807) is 19.1 Å². The van der Waals surface area contributed by atoms with Crippen LogP contribution >= 0.6 is 0 Å². The van der Waals surface area contributed by atoms with E-state index in [1.165, 1.54) is 12.1 Å². The predicted octanol–water partition coefficient (Wildman–Crippen LogP) is 0.482. The third-order valence-corrected chi connectivity index (χ3v) is 3.16. The first kappa shape index (κ1) is 13.2. The van der Waals surface area contributed by atoms with Crippen molar-refractivity contribution >= 4 is 21.6 Å². The van der Waals surface area contributed by atoms with E-state index in [9.17, 15) is 13.2 Å². The van der Waals surface area contributed by atoms with Crippen molar-refractivity contribution in [3.05, 3.63) is 29.8 Å². The summed E-state index contributed by atoms with van der Waals surface area (Å²) < 4.78 is 22.5. The molecule has 0 radical (unpaired) electrons. The summed E-state index contributed by atoms with van der Waals surface area (Å²) in [6.45, 7) is 1.67. The van der Waals surface area contributed by atoms with Crippen molar-refractivity contribution in [2.24, 2.45) is 10.8 Å². The highest BCUT2D eigenvalue weighted by atomic mass is 32.2. The Labute approximate surface area is 99.4 Å². The minimum absolute atomic E-state index is 0.233. The number of carbonyl (C=O) groups is 1. The number of nitrogens with two attached hydrogens (primary N) is 1. The van der Waals surface area contributed by atoms with E-state index < -0.39 is 15.9 Å². The smallest absolute Gasteiger partial charge is 0.332 e. The van der Waals surface area contributed by atoms with Crippen LogP contribution in [0.2, 0.25) is 0 Å². The van der Waals surface area contributed by atoms with Crippen LogP contribution in [0.1, 0.15) is 12.5 Å². The summed E-state index contributed by atoms with van der Waals surface area (Å²) in [5, 5.41) is 3.73. The van der Waals surface area contributed by atoms with Crippen LogP contribution in [0.5, 0.6) is 0 Å². The lowest BCUT2D eigenvalue weighted by atomic mass is 10.1. The molecule has 0 saturated carbocycles. The van der Waals surface area contributed by atoms with Crippen LogP contribution < -0.4 is 11.2 Å². The fraction of sp³-hybridized carbons (Fsp3) is 0.200. The van der Waals surface area contributed by atoms with Crippen molar-refractivity contribution in [1.82, 2.24) is 5.43 Å². The molecule has 0 fully saturated rings. The summed E-state index contributed by atoms with van der Waals surface area (Å²) in [5.41, 5.74) is 8.19. The highest BCUT2D eigenvalue weighted by Crippen LogP contribution is 2.10. The quantitative estimate of drug-likeness (QED) is 0.606. The Morgan fingerprint density at radius 2 is 1.82 bits per heavy atom. The lowest BCUT2D eigenvalue weighted by molar-refractivity contribution is 0.249. The van der Waals surface area contributed by atoms with Gasteiger partial charge in [0.1, 0.15) is 0 Å². The van der Waals surface area contributed by atoms with Crippen LogP contribution in [0, 0.1) is 0 Å². The number of nitrogens with one attached hydrogen (secondary N) is 1. The lowest BCUT2D eigenvalue weighted by Crippen LogP contribution is -2.25. The zero-order valence-electron chi connectivity index (χ0n) is 9.47. The predicted molar refractivity (Wildman–Crippen MR) is 64.5 cm³/mol. The number of carbonyl (C=O) groups excluding carboxylic acids is 1. The molecule has 0 spiro atoms. The maximum absolute atomic E-state index is 11.2. The molecule has 7 heteroatoms. The van der Waals surface area contributed by atoms with Gasteiger partial charge in [-0.05, 0) is 24.6 Å². The first-order chi connectivity index (χ1) is 7.80. The van der Waals surface area contributed by atoms with Crippen LogP contribution in [0.3, 0.4) is 0 Å². The molecule has 2 amide bonds. The van der Waals surface area contributed by atoms with Gasteiger partial charge in [-0.25, -0.2) is 18.6 Å². The molecule has 0 aliphatic carbocycles. The third-order valence-electron chi connectivity index (χ3n) is 2.03. The number of benzene rings is 1. The topological polar surface area (TPSA) is 102 Å². The van der Waals surface area contributed by atoms with Gasteiger partial charge in [0.15, 0.2) is 9.84 Å². The minimum Gasteiger partial charge on any atom is -0.350 e. The molecular weight excluding hydrogens is 242 g/mol. The number of hydrazone groups is 1. The lowest BCUT2D eigenvalue weighted by Gasteiger charge is -2.02. The average Bonchev–Trinajstić information content (AvgIpc) is 2.25. The number of primary amides is 1.